The molecule has 0 aliphatic rings. The largest absolute Gasteiger partial charge is 0.321 e. The quantitative estimate of drug-likeness (QED) is 0.758. The van der Waals surface area contributed by atoms with Crippen LogP contribution >= 0.6 is 0 Å². The number of H-pyrrole nitrogens is 1. The van der Waals surface area contributed by atoms with Gasteiger partial charge in [-0.1, -0.05) is 0 Å². The number of pyridine rings is 1. The van der Waals surface area contributed by atoms with E-state index in [4.69, 9.17) is 0 Å². The highest BCUT2D eigenvalue weighted by atomic mass is 16.2. The van der Waals surface area contributed by atoms with E-state index in [-0.39, 0.29) is 11.5 Å². The van der Waals surface area contributed by atoms with Crippen molar-refractivity contribution in [2.24, 2.45) is 0 Å². The molecule has 3 rings (SSSR count). The number of nitrogens with one attached hydrogen (secondary N) is 2. The maximum Gasteiger partial charge on any atom is 0.264 e. The van der Waals surface area contributed by atoms with E-state index in [1.54, 1.807) is 6.20 Å². The molecule has 2 aromatic heterocycles. The van der Waals surface area contributed by atoms with Gasteiger partial charge in [0.15, 0.2) is 0 Å². The number of anilines is 1. The van der Waals surface area contributed by atoms with Crippen molar-refractivity contribution in [3.8, 4) is 0 Å². The summed E-state index contributed by atoms with van der Waals surface area (Å²) in [5, 5.41) is 9.55. The summed E-state index contributed by atoms with van der Waals surface area (Å²) in [4.78, 5) is 27.9. The summed E-state index contributed by atoms with van der Waals surface area (Å²) in [7, 11) is 0. The number of fused-ring (bicyclic) bond motifs is 1. The maximum atomic E-state index is 12.3. The number of hydrogen-bond donors (Lipinski definition) is 2. The Morgan fingerprint density at radius 2 is 2.09 bits per heavy atom. The summed E-state index contributed by atoms with van der Waals surface area (Å²) < 4.78 is 0. The van der Waals surface area contributed by atoms with Crippen molar-refractivity contribution in [2.75, 3.05) is 5.32 Å². The lowest BCUT2D eigenvalue weighted by Gasteiger charge is -2.12. The number of aromatic nitrogens is 3. The molecule has 0 fully saturated rings. The molecule has 0 saturated carbocycles. The zero-order valence-electron chi connectivity index (χ0n) is 12.2. The first-order chi connectivity index (χ1) is 10.6. The van der Waals surface area contributed by atoms with Crippen LogP contribution in [0.25, 0.3) is 10.9 Å². The van der Waals surface area contributed by atoms with Crippen molar-refractivity contribution in [1.82, 2.24) is 15.2 Å². The van der Waals surface area contributed by atoms with Crippen LogP contribution in [0.15, 0.2) is 41.5 Å². The lowest BCUT2D eigenvalue weighted by Crippen LogP contribution is -2.17. The van der Waals surface area contributed by atoms with Crippen LogP contribution in [0.2, 0.25) is 0 Å². The Kier molecular flexibility index (Phi) is 3.42. The number of amides is 1. The second-order valence-corrected chi connectivity index (χ2v) is 5.05. The first-order valence-electron chi connectivity index (χ1n) is 6.77. The fraction of sp³-hybridized carbons (Fsp3) is 0.125. The van der Waals surface area contributed by atoms with Crippen LogP contribution in [-0.2, 0) is 0 Å². The van der Waals surface area contributed by atoms with Gasteiger partial charge < -0.3 is 5.32 Å². The Bertz CT molecular complexity index is 931. The first kappa shape index (κ1) is 13.9. The molecule has 2 N–H and O–H groups in total. The lowest BCUT2D eigenvalue weighted by atomic mass is 10.0. The molecule has 1 aromatic carbocycles. The van der Waals surface area contributed by atoms with Crippen LogP contribution in [0.1, 0.15) is 21.5 Å². The number of carbonyl (C=O) groups excluding carboxylic acids is 1. The van der Waals surface area contributed by atoms with Gasteiger partial charge in [-0.25, -0.2) is 5.10 Å². The molecule has 6 heteroatoms. The number of nitrogens with zero attached hydrogens (tertiary/aromatic N) is 2. The van der Waals surface area contributed by atoms with Gasteiger partial charge in [0, 0.05) is 17.6 Å². The second kappa shape index (κ2) is 5.40. The van der Waals surface area contributed by atoms with E-state index < -0.39 is 5.56 Å². The van der Waals surface area contributed by atoms with Gasteiger partial charge in [0.1, 0.15) is 0 Å². The molecule has 0 aliphatic carbocycles. The predicted octanol–water partition coefficient (Wildman–Crippen LogP) is 2.19. The van der Waals surface area contributed by atoms with Gasteiger partial charge in [0.25, 0.3) is 11.5 Å². The van der Waals surface area contributed by atoms with Crippen molar-refractivity contribution in [3.05, 3.63) is 63.7 Å². The van der Waals surface area contributed by atoms with Gasteiger partial charge in [-0.2, -0.15) is 5.10 Å². The van der Waals surface area contributed by atoms with Gasteiger partial charge in [0.05, 0.1) is 23.0 Å². The van der Waals surface area contributed by atoms with E-state index in [1.807, 2.05) is 32.0 Å². The van der Waals surface area contributed by atoms with Crippen LogP contribution < -0.4 is 10.9 Å². The van der Waals surface area contributed by atoms with Crippen molar-refractivity contribution in [1.29, 1.82) is 0 Å². The average molecular weight is 294 g/mol. The lowest BCUT2D eigenvalue weighted by molar-refractivity contribution is 0.102. The number of aryl methyl sites for hydroxylation is 2. The molecular formula is C16H14N4O2. The Balaban J connectivity index is 2.06. The van der Waals surface area contributed by atoms with Crippen molar-refractivity contribution in [2.45, 2.75) is 13.8 Å². The smallest absolute Gasteiger partial charge is 0.264 e. The Morgan fingerprint density at radius 1 is 1.27 bits per heavy atom. The molecule has 0 atom stereocenters. The third-order valence-electron chi connectivity index (χ3n) is 3.58. The van der Waals surface area contributed by atoms with E-state index in [1.165, 1.54) is 12.3 Å². The molecule has 22 heavy (non-hydrogen) atoms. The normalized spacial score (nSPS) is 10.6. The Labute approximate surface area is 126 Å². The number of rotatable bonds is 2. The second-order valence-electron chi connectivity index (χ2n) is 5.05. The molecular weight excluding hydrogens is 280 g/mol. The zero-order valence-corrected chi connectivity index (χ0v) is 12.2. The van der Waals surface area contributed by atoms with Crippen LogP contribution in [0.5, 0.6) is 0 Å². The molecule has 0 radical (unpaired) electrons. The summed E-state index contributed by atoms with van der Waals surface area (Å²) in [6.07, 6.45) is 3.04. The standard InChI is InChI=1S/C16H14N4O2/c1-9-6-13(12-4-3-5-17-15(12)10(9)2)19-16(22)11-7-14(21)20-18-8-11/h3-8H,1-2H3,(H,19,22)(H,20,21). The minimum Gasteiger partial charge on any atom is -0.321 e. The minimum absolute atomic E-state index is 0.207. The molecule has 0 bridgehead atoms. The van der Waals surface area contributed by atoms with E-state index in [0.29, 0.717) is 5.69 Å². The van der Waals surface area contributed by atoms with Gasteiger partial charge >= 0.3 is 0 Å². The summed E-state index contributed by atoms with van der Waals surface area (Å²) in [6.45, 7) is 3.96. The molecule has 0 aliphatic heterocycles. The number of aromatic amines is 1. The van der Waals surface area contributed by atoms with E-state index in [0.717, 1.165) is 22.0 Å². The van der Waals surface area contributed by atoms with Crippen LogP contribution in [0.3, 0.4) is 0 Å². The maximum absolute atomic E-state index is 12.3. The minimum atomic E-state index is -0.417. The van der Waals surface area contributed by atoms with Gasteiger partial charge in [-0.15, -0.1) is 0 Å². The van der Waals surface area contributed by atoms with Crippen LogP contribution in [0.4, 0.5) is 5.69 Å². The fourth-order valence-electron chi connectivity index (χ4n) is 2.31. The van der Waals surface area contributed by atoms with E-state index >= 15 is 0 Å². The number of hydrogen-bond acceptors (Lipinski definition) is 4. The molecule has 0 spiro atoms. The molecule has 0 saturated heterocycles. The Hall–Kier alpha value is -3.02. The van der Waals surface area contributed by atoms with Gasteiger partial charge in [-0.3, -0.25) is 14.6 Å². The summed E-state index contributed by atoms with van der Waals surface area (Å²) in [5.74, 6) is -0.382. The fourth-order valence-corrected chi connectivity index (χ4v) is 2.31. The molecule has 3 aromatic rings. The average Bonchev–Trinajstić information content (AvgIpc) is 2.52. The van der Waals surface area contributed by atoms with Crippen molar-refractivity contribution >= 4 is 22.5 Å². The van der Waals surface area contributed by atoms with E-state index in [9.17, 15) is 9.59 Å². The molecule has 6 nitrogen and oxygen atoms in total. The highest BCUT2D eigenvalue weighted by Crippen LogP contribution is 2.27. The third kappa shape index (κ3) is 2.46. The number of benzene rings is 1. The summed E-state index contributed by atoms with van der Waals surface area (Å²) in [5.41, 5.74) is 3.41. The van der Waals surface area contributed by atoms with Crippen molar-refractivity contribution in [3.63, 3.8) is 0 Å². The molecule has 1 amide bonds. The predicted molar refractivity (Wildman–Crippen MR) is 84.0 cm³/mol. The van der Waals surface area contributed by atoms with Gasteiger partial charge in [-0.05, 0) is 43.2 Å². The monoisotopic (exact) mass is 294 g/mol. The highest BCUT2D eigenvalue weighted by molar-refractivity contribution is 6.09. The first-order valence-corrected chi connectivity index (χ1v) is 6.77. The van der Waals surface area contributed by atoms with E-state index in [2.05, 4.69) is 20.5 Å². The van der Waals surface area contributed by atoms with Crippen LogP contribution in [0, 0.1) is 13.8 Å². The van der Waals surface area contributed by atoms with Crippen molar-refractivity contribution < 1.29 is 4.79 Å². The molecule has 0 unspecified atom stereocenters. The SMILES string of the molecule is Cc1cc(NC(=O)c2cn[nH]c(=O)c2)c2cccnc2c1C. The summed E-state index contributed by atoms with van der Waals surface area (Å²) >= 11 is 0. The number of carbonyl (C=O) groups is 1. The highest BCUT2D eigenvalue weighted by Gasteiger charge is 2.12. The Morgan fingerprint density at radius 3 is 2.86 bits per heavy atom. The van der Waals surface area contributed by atoms with Gasteiger partial charge in [0.2, 0.25) is 0 Å². The topological polar surface area (TPSA) is 87.7 Å². The third-order valence-corrected chi connectivity index (χ3v) is 3.58. The summed E-state index contributed by atoms with van der Waals surface area (Å²) in [6, 6.07) is 6.84. The molecule has 2 heterocycles. The molecule has 110 valence electrons. The zero-order chi connectivity index (χ0) is 15.7. The van der Waals surface area contributed by atoms with Crippen LogP contribution in [-0.4, -0.2) is 21.1 Å².